The lowest BCUT2D eigenvalue weighted by atomic mass is 10.2. The van der Waals surface area contributed by atoms with Gasteiger partial charge >= 0.3 is 0 Å². The summed E-state index contributed by atoms with van der Waals surface area (Å²) in [4.78, 5) is 9.34. The molecule has 1 fully saturated rings. The molecule has 1 saturated heterocycles. The Labute approximate surface area is 147 Å². The Morgan fingerprint density at radius 3 is 3.04 bits per heavy atom. The van der Waals surface area contributed by atoms with Crippen LogP contribution in [0.25, 0.3) is 0 Å². The fraction of sp³-hybridized carbons (Fsp3) is 0.588. The summed E-state index contributed by atoms with van der Waals surface area (Å²) in [7, 11) is 0. The van der Waals surface area contributed by atoms with Gasteiger partial charge in [0.15, 0.2) is 5.82 Å². The molecule has 0 radical (unpaired) electrons. The van der Waals surface area contributed by atoms with Crippen molar-refractivity contribution in [2.75, 3.05) is 37.7 Å². The Kier molecular flexibility index (Phi) is 6.12. The van der Waals surface area contributed by atoms with E-state index in [1.165, 1.54) is 10.7 Å². The molecule has 3 rings (SSSR count). The summed E-state index contributed by atoms with van der Waals surface area (Å²) >= 11 is 1.76. The molecule has 0 aromatic carbocycles. The van der Waals surface area contributed by atoms with E-state index in [0.717, 1.165) is 51.6 Å². The van der Waals surface area contributed by atoms with Gasteiger partial charge in [0.05, 0.1) is 23.4 Å². The van der Waals surface area contributed by atoms with Crippen LogP contribution in [0.15, 0.2) is 23.7 Å². The van der Waals surface area contributed by atoms with Gasteiger partial charge in [0, 0.05) is 44.3 Å². The maximum absolute atomic E-state index is 5.98. The van der Waals surface area contributed by atoms with Crippen molar-refractivity contribution < 1.29 is 4.74 Å². The smallest absolute Gasteiger partial charge is 0.151 e. The number of aryl methyl sites for hydroxylation is 1. The van der Waals surface area contributed by atoms with Crippen molar-refractivity contribution in [3.63, 3.8) is 0 Å². The first-order chi connectivity index (χ1) is 11.8. The standard InChI is InChI=1S/C17H25N5OS/c1-3-17-19-14(13-24-17)10-21-8-9-23-15(11-21)12-22(4-2)16-6-5-7-18-20-16/h5-7,13,15H,3-4,8-12H2,1-2H3. The number of hydrogen-bond donors (Lipinski definition) is 0. The number of hydrogen-bond acceptors (Lipinski definition) is 7. The van der Waals surface area contributed by atoms with E-state index in [9.17, 15) is 0 Å². The molecule has 0 bridgehead atoms. The summed E-state index contributed by atoms with van der Waals surface area (Å²) in [6.07, 6.45) is 2.90. The zero-order chi connectivity index (χ0) is 16.8. The minimum Gasteiger partial charge on any atom is -0.374 e. The average Bonchev–Trinajstić information content (AvgIpc) is 3.08. The van der Waals surface area contributed by atoms with Gasteiger partial charge < -0.3 is 9.64 Å². The molecule has 1 aliphatic rings. The lowest BCUT2D eigenvalue weighted by molar-refractivity contribution is -0.0271. The fourth-order valence-corrected chi connectivity index (χ4v) is 3.68. The number of aromatic nitrogens is 3. The first-order valence-corrected chi connectivity index (χ1v) is 9.46. The highest BCUT2D eigenvalue weighted by molar-refractivity contribution is 7.09. The van der Waals surface area contributed by atoms with Crippen LogP contribution in [0, 0.1) is 0 Å². The van der Waals surface area contributed by atoms with Gasteiger partial charge in [-0.25, -0.2) is 4.98 Å². The molecule has 0 aliphatic carbocycles. The lowest BCUT2D eigenvalue weighted by Crippen LogP contribution is -2.47. The first-order valence-electron chi connectivity index (χ1n) is 8.58. The number of ether oxygens (including phenoxy) is 1. The van der Waals surface area contributed by atoms with Crippen LogP contribution in [0.5, 0.6) is 0 Å². The summed E-state index contributed by atoms with van der Waals surface area (Å²) in [5.41, 5.74) is 1.18. The van der Waals surface area contributed by atoms with Gasteiger partial charge in [0.25, 0.3) is 0 Å². The molecule has 0 saturated carbocycles. The normalized spacial score (nSPS) is 18.7. The molecule has 7 heteroatoms. The molecule has 0 amide bonds. The molecule has 0 N–H and O–H groups in total. The fourth-order valence-electron chi connectivity index (χ4n) is 2.94. The van der Waals surface area contributed by atoms with Crippen LogP contribution in [0.3, 0.4) is 0 Å². The third-order valence-corrected chi connectivity index (χ3v) is 5.24. The van der Waals surface area contributed by atoms with Crippen LogP contribution in [0.4, 0.5) is 5.82 Å². The van der Waals surface area contributed by atoms with Crippen LogP contribution in [0.2, 0.25) is 0 Å². The van der Waals surface area contributed by atoms with Gasteiger partial charge in [-0.3, -0.25) is 4.90 Å². The Morgan fingerprint density at radius 2 is 2.33 bits per heavy atom. The van der Waals surface area contributed by atoms with Crippen molar-refractivity contribution >= 4 is 17.2 Å². The van der Waals surface area contributed by atoms with Crippen LogP contribution < -0.4 is 4.90 Å². The third-order valence-electron chi connectivity index (χ3n) is 4.20. The number of likely N-dealkylation sites (N-methyl/N-ethyl adjacent to an activating group) is 1. The second-order valence-corrected chi connectivity index (χ2v) is 6.88. The monoisotopic (exact) mass is 347 g/mol. The topological polar surface area (TPSA) is 54.4 Å². The summed E-state index contributed by atoms with van der Waals surface area (Å²) in [5, 5.41) is 11.6. The molecule has 24 heavy (non-hydrogen) atoms. The van der Waals surface area contributed by atoms with E-state index in [1.807, 2.05) is 12.1 Å². The highest BCUT2D eigenvalue weighted by Crippen LogP contribution is 2.16. The van der Waals surface area contributed by atoms with Crippen molar-refractivity contribution in [1.29, 1.82) is 0 Å². The predicted octanol–water partition coefficient (Wildman–Crippen LogP) is 2.22. The molecule has 2 aromatic heterocycles. The highest BCUT2D eigenvalue weighted by atomic mass is 32.1. The van der Waals surface area contributed by atoms with Crippen molar-refractivity contribution in [3.05, 3.63) is 34.4 Å². The first kappa shape index (κ1) is 17.3. The maximum Gasteiger partial charge on any atom is 0.151 e. The number of rotatable bonds is 7. The molecular weight excluding hydrogens is 322 g/mol. The molecule has 1 atom stereocenters. The van der Waals surface area contributed by atoms with Crippen molar-refractivity contribution in [3.8, 4) is 0 Å². The average molecular weight is 347 g/mol. The van der Waals surface area contributed by atoms with E-state index >= 15 is 0 Å². The van der Waals surface area contributed by atoms with Gasteiger partial charge in [-0.2, -0.15) is 5.10 Å². The SMILES string of the molecule is CCc1nc(CN2CCOC(CN(CC)c3cccnn3)C2)cs1. The van der Waals surface area contributed by atoms with Gasteiger partial charge in [-0.1, -0.05) is 6.92 Å². The van der Waals surface area contributed by atoms with E-state index < -0.39 is 0 Å². The number of thiazole rings is 1. The summed E-state index contributed by atoms with van der Waals surface area (Å²) in [6.45, 7) is 9.59. The highest BCUT2D eigenvalue weighted by Gasteiger charge is 2.23. The Balaban J connectivity index is 1.56. The van der Waals surface area contributed by atoms with Gasteiger partial charge in [-0.05, 0) is 25.5 Å². The molecule has 0 spiro atoms. The molecule has 3 heterocycles. The zero-order valence-corrected chi connectivity index (χ0v) is 15.2. The zero-order valence-electron chi connectivity index (χ0n) is 14.4. The van der Waals surface area contributed by atoms with E-state index in [-0.39, 0.29) is 6.10 Å². The van der Waals surface area contributed by atoms with Gasteiger partial charge in [0.2, 0.25) is 0 Å². The Morgan fingerprint density at radius 1 is 1.42 bits per heavy atom. The summed E-state index contributed by atoms with van der Waals surface area (Å²) in [6, 6.07) is 3.92. The number of morpholine rings is 1. The quantitative estimate of drug-likeness (QED) is 0.765. The lowest BCUT2D eigenvalue weighted by Gasteiger charge is -2.35. The second kappa shape index (κ2) is 8.50. The molecule has 130 valence electrons. The van der Waals surface area contributed by atoms with E-state index in [1.54, 1.807) is 17.5 Å². The van der Waals surface area contributed by atoms with Gasteiger partial charge in [0.1, 0.15) is 0 Å². The third kappa shape index (κ3) is 4.49. The summed E-state index contributed by atoms with van der Waals surface area (Å²) in [5.74, 6) is 0.910. The molecule has 1 aliphatic heterocycles. The van der Waals surface area contributed by atoms with Crippen LogP contribution in [-0.2, 0) is 17.7 Å². The Bertz CT molecular complexity index is 620. The Hall–Kier alpha value is -1.57. The minimum absolute atomic E-state index is 0.185. The predicted molar refractivity (Wildman–Crippen MR) is 96.4 cm³/mol. The summed E-state index contributed by atoms with van der Waals surface area (Å²) < 4.78 is 5.98. The van der Waals surface area contributed by atoms with Crippen molar-refractivity contribution in [1.82, 2.24) is 20.1 Å². The maximum atomic E-state index is 5.98. The molecule has 2 aromatic rings. The van der Waals surface area contributed by atoms with Crippen LogP contribution in [0.1, 0.15) is 24.5 Å². The largest absolute Gasteiger partial charge is 0.374 e. The second-order valence-electron chi connectivity index (χ2n) is 5.93. The number of nitrogens with zero attached hydrogens (tertiary/aromatic N) is 5. The van der Waals surface area contributed by atoms with Crippen molar-refractivity contribution in [2.24, 2.45) is 0 Å². The van der Waals surface area contributed by atoms with E-state index in [4.69, 9.17) is 4.74 Å². The van der Waals surface area contributed by atoms with Crippen LogP contribution in [-0.4, -0.2) is 59.0 Å². The van der Waals surface area contributed by atoms with Crippen LogP contribution >= 0.6 is 11.3 Å². The molecule has 6 nitrogen and oxygen atoms in total. The molecule has 1 unspecified atom stereocenters. The van der Waals surface area contributed by atoms with E-state index in [2.05, 4.69) is 44.2 Å². The minimum atomic E-state index is 0.185. The van der Waals surface area contributed by atoms with Crippen molar-refractivity contribution in [2.45, 2.75) is 32.9 Å². The van der Waals surface area contributed by atoms with E-state index in [0.29, 0.717) is 0 Å². The molecular formula is C17H25N5OS. The number of anilines is 1. The van der Waals surface area contributed by atoms with Gasteiger partial charge in [-0.15, -0.1) is 16.4 Å².